The number of benzene rings is 3. The van der Waals surface area contributed by atoms with E-state index < -0.39 is 38.0 Å². The first-order chi connectivity index (χ1) is 25.8. The first-order valence-corrected chi connectivity index (χ1v) is 21.7. The van der Waals surface area contributed by atoms with Crippen molar-refractivity contribution in [1.82, 2.24) is 4.31 Å². The molecular formula is C45H49NO6S2. The van der Waals surface area contributed by atoms with Gasteiger partial charge in [-0.25, -0.2) is 8.42 Å². The third-order valence-electron chi connectivity index (χ3n) is 15.1. The summed E-state index contributed by atoms with van der Waals surface area (Å²) >= 11 is 1.20. The van der Waals surface area contributed by atoms with E-state index in [9.17, 15) is 23.4 Å². The van der Waals surface area contributed by atoms with Gasteiger partial charge in [0.15, 0.2) is 5.78 Å². The average Bonchev–Trinajstić information content (AvgIpc) is 3.82. The SMILES string of the molecule is COc1ccc(C(=O)C2=C[C@@]34C=C[C@@]25[C@@H]2CC[C@@](O)(CN(Cc6cccc7ccccc67)S(=O)(=O)c6cccs6)[C@@]2(C)CC[C@@H]5[C@@]3(C)CCC(O)C4)cc1. The average molecular weight is 764 g/mol. The second-order valence-electron chi connectivity index (χ2n) is 17.2. The fraction of sp³-hybridized carbons (Fsp3) is 0.444. The summed E-state index contributed by atoms with van der Waals surface area (Å²) in [4.78, 5) is 14.9. The van der Waals surface area contributed by atoms with Gasteiger partial charge in [0, 0.05) is 40.5 Å². The summed E-state index contributed by atoms with van der Waals surface area (Å²) in [7, 11) is -2.36. The molecule has 54 heavy (non-hydrogen) atoms. The van der Waals surface area contributed by atoms with Crippen molar-refractivity contribution in [3.05, 3.63) is 119 Å². The van der Waals surface area contributed by atoms with Crippen LogP contribution in [0.3, 0.4) is 0 Å². The predicted octanol–water partition coefficient (Wildman–Crippen LogP) is 8.57. The molecule has 9 heteroatoms. The van der Waals surface area contributed by atoms with E-state index in [0.717, 1.165) is 41.2 Å². The largest absolute Gasteiger partial charge is 0.497 e. The molecule has 4 aromatic rings. The van der Waals surface area contributed by atoms with Crippen molar-refractivity contribution in [3.8, 4) is 5.75 Å². The molecule has 1 unspecified atom stereocenters. The fourth-order valence-electron chi connectivity index (χ4n) is 12.2. The first-order valence-electron chi connectivity index (χ1n) is 19.3. The number of Topliss-reactive ketones (excluding diaryl/α,β-unsaturated/α-hetero) is 1. The highest BCUT2D eigenvalue weighted by Gasteiger charge is 2.74. The lowest BCUT2D eigenvalue weighted by Gasteiger charge is -2.71. The number of fused-ring (bicyclic) bond motifs is 2. The van der Waals surface area contributed by atoms with Crippen LogP contribution in [0.25, 0.3) is 10.8 Å². The first kappa shape index (κ1) is 36.1. The summed E-state index contributed by atoms with van der Waals surface area (Å²) in [5, 5.41) is 28.1. The lowest BCUT2D eigenvalue weighted by atomic mass is 9.32. The van der Waals surface area contributed by atoms with E-state index in [2.05, 4.69) is 32.1 Å². The predicted molar refractivity (Wildman–Crippen MR) is 212 cm³/mol. The molecule has 3 aromatic carbocycles. The normalized spacial score (nSPS) is 35.4. The van der Waals surface area contributed by atoms with E-state index in [1.807, 2.05) is 66.7 Å². The highest BCUT2D eigenvalue weighted by atomic mass is 32.2. The van der Waals surface area contributed by atoms with Crippen LogP contribution in [-0.4, -0.2) is 54.1 Å². The third kappa shape index (κ3) is 4.94. The van der Waals surface area contributed by atoms with Crippen LogP contribution in [-0.2, 0) is 16.6 Å². The molecule has 0 amide bonds. The van der Waals surface area contributed by atoms with Gasteiger partial charge in [-0.2, -0.15) is 4.31 Å². The zero-order valence-electron chi connectivity index (χ0n) is 31.2. The van der Waals surface area contributed by atoms with Crippen molar-refractivity contribution in [1.29, 1.82) is 0 Å². The summed E-state index contributed by atoms with van der Waals surface area (Å²) < 4.78 is 36.4. The van der Waals surface area contributed by atoms with Crippen molar-refractivity contribution >= 4 is 37.9 Å². The number of aliphatic hydroxyl groups excluding tert-OH is 1. The Kier molecular flexibility index (Phi) is 8.32. The molecule has 6 aliphatic rings. The summed E-state index contributed by atoms with van der Waals surface area (Å²) in [5.74, 6) is 0.682. The van der Waals surface area contributed by atoms with E-state index in [-0.39, 0.29) is 40.3 Å². The number of aliphatic hydroxyl groups is 2. The number of methoxy groups -OCH3 is 1. The maximum Gasteiger partial charge on any atom is 0.252 e. The van der Waals surface area contributed by atoms with Gasteiger partial charge in [0.05, 0.1) is 18.8 Å². The smallest absolute Gasteiger partial charge is 0.252 e. The van der Waals surface area contributed by atoms with Crippen molar-refractivity contribution in [2.45, 2.75) is 81.3 Å². The van der Waals surface area contributed by atoms with Gasteiger partial charge in [-0.15, -0.1) is 11.3 Å². The molecule has 10 rings (SSSR count). The molecule has 282 valence electrons. The van der Waals surface area contributed by atoms with Crippen LogP contribution in [0, 0.1) is 33.5 Å². The van der Waals surface area contributed by atoms with Crippen molar-refractivity contribution in [2.75, 3.05) is 13.7 Å². The number of carbonyl (C=O) groups is 1. The lowest BCUT2D eigenvalue weighted by molar-refractivity contribution is -0.173. The van der Waals surface area contributed by atoms with E-state index in [4.69, 9.17) is 4.74 Å². The standard InChI is InChI=1S/C45H49NO6S2/c1-41-20-17-33(47)26-43(41)23-24-45(36(27-43)40(48)31-13-15-34(52-3)16-14-31)37(41)18-21-42(2)38(45)19-22-44(42,49)29-46(54(50,51)39-12-7-25-53-39)28-32-10-6-9-30-8-4-5-11-35(30)32/h4-16,23-25,27,33,37-38,47,49H,17-22,26,28-29H2,1-3H3/t33?,37-,38-,41-,42+,43+,44-,45-/m1/s1. The number of carbonyl (C=O) groups excluding carboxylic acids is 1. The van der Waals surface area contributed by atoms with Crippen LogP contribution in [0.15, 0.2) is 112 Å². The van der Waals surface area contributed by atoms with Gasteiger partial charge in [0.25, 0.3) is 10.0 Å². The molecule has 0 aliphatic heterocycles. The minimum absolute atomic E-state index is 0.0222. The summed E-state index contributed by atoms with van der Waals surface area (Å²) in [5.41, 5.74) is -1.07. The third-order valence-corrected chi connectivity index (χ3v) is 18.2. The van der Waals surface area contributed by atoms with Crippen molar-refractivity contribution in [3.63, 3.8) is 0 Å². The van der Waals surface area contributed by atoms with Crippen LogP contribution >= 0.6 is 11.3 Å². The number of rotatable bonds is 9. The minimum atomic E-state index is -3.97. The van der Waals surface area contributed by atoms with Crippen LogP contribution in [0.5, 0.6) is 5.75 Å². The van der Waals surface area contributed by atoms with Gasteiger partial charge < -0.3 is 14.9 Å². The van der Waals surface area contributed by atoms with Crippen molar-refractivity contribution in [2.24, 2.45) is 33.5 Å². The molecule has 2 N–H and O–H groups in total. The van der Waals surface area contributed by atoms with Crippen LogP contribution in [0.2, 0.25) is 0 Å². The molecule has 0 radical (unpaired) electrons. The number of hydrogen-bond donors (Lipinski definition) is 2. The maximum atomic E-state index is 14.9. The maximum absolute atomic E-state index is 14.9. The van der Waals surface area contributed by atoms with Gasteiger partial charge >= 0.3 is 0 Å². The molecule has 6 aliphatic carbocycles. The molecule has 2 bridgehead atoms. The van der Waals surface area contributed by atoms with Gasteiger partial charge in [0.2, 0.25) is 0 Å². The van der Waals surface area contributed by atoms with E-state index >= 15 is 0 Å². The zero-order valence-corrected chi connectivity index (χ0v) is 32.8. The van der Waals surface area contributed by atoms with E-state index in [0.29, 0.717) is 37.0 Å². The Morgan fingerprint density at radius 3 is 2.37 bits per heavy atom. The van der Waals surface area contributed by atoms with Crippen LogP contribution in [0.4, 0.5) is 0 Å². The topological polar surface area (TPSA) is 104 Å². The van der Waals surface area contributed by atoms with Gasteiger partial charge in [-0.05, 0) is 114 Å². The zero-order chi connectivity index (χ0) is 37.7. The van der Waals surface area contributed by atoms with Gasteiger partial charge in [0.1, 0.15) is 9.96 Å². The number of ketones is 1. The molecular weight excluding hydrogens is 715 g/mol. The quantitative estimate of drug-likeness (QED) is 0.131. The number of thiophene rings is 1. The van der Waals surface area contributed by atoms with Crippen LogP contribution < -0.4 is 4.74 Å². The van der Waals surface area contributed by atoms with Crippen molar-refractivity contribution < 1.29 is 28.2 Å². The van der Waals surface area contributed by atoms with E-state index in [1.165, 1.54) is 15.6 Å². The Morgan fingerprint density at radius 1 is 0.889 bits per heavy atom. The number of allylic oxidation sites excluding steroid dienone is 4. The second-order valence-corrected chi connectivity index (χ2v) is 20.3. The Bertz CT molecular complexity index is 2300. The summed E-state index contributed by atoms with van der Waals surface area (Å²) in [6, 6.07) is 24.7. The molecule has 1 heterocycles. The molecule has 3 saturated carbocycles. The molecule has 7 nitrogen and oxygen atoms in total. The van der Waals surface area contributed by atoms with Gasteiger partial charge in [-0.3, -0.25) is 4.79 Å². The molecule has 3 fully saturated rings. The number of hydrogen-bond acceptors (Lipinski definition) is 7. The second kappa shape index (κ2) is 12.5. The highest BCUT2D eigenvalue weighted by molar-refractivity contribution is 7.91. The van der Waals surface area contributed by atoms with Crippen LogP contribution in [0.1, 0.15) is 74.7 Å². The number of nitrogens with zero attached hydrogens (tertiary/aromatic N) is 1. The Labute approximate surface area is 322 Å². The fourth-order valence-corrected chi connectivity index (χ4v) is 14.8. The molecule has 8 atom stereocenters. The Hall–Kier alpha value is -3.60. The van der Waals surface area contributed by atoms with E-state index in [1.54, 1.807) is 24.6 Å². The summed E-state index contributed by atoms with van der Waals surface area (Å²) in [6.07, 6.45) is 11.1. The number of ether oxygens (including phenoxy) is 1. The highest BCUT2D eigenvalue weighted by Crippen LogP contribution is 2.78. The Balaban J connectivity index is 1.15. The van der Waals surface area contributed by atoms with Gasteiger partial charge in [-0.1, -0.05) is 80.6 Å². The number of sulfonamides is 1. The lowest BCUT2D eigenvalue weighted by Crippen LogP contribution is -2.67. The molecule has 2 spiro atoms. The monoisotopic (exact) mass is 763 g/mol. The molecule has 1 aromatic heterocycles. The minimum Gasteiger partial charge on any atom is -0.497 e. The summed E-state index contributed by atoms with van der Waals surface area (Å²) in [6.45, 7) is 4.61. The Morgan fingerprint density at radius 2 is 1.61 bits per heavy atom. The molecule has 0 saturated heterocycles.